The average Bonchev–Trinajstić information content (AvgIpc) is 3.01. The lowest BCUT2D eigenvalue weighted by Crippen LogP contribution is -2.47. The van der Waals surface area contributed by atoms with Gasteiger partial charge in [-0.15, -0.1) is 0 Å². The largest absolute Gasteiger partial charge is 0.416 e. The van der Waals surface area contributed by atoms with Crippen LogP contribution in [-0.2, 0) is 6.18 Å². The molecule has 1 N–H and O–H groups in total. The van der Waals surface area contributed by atoms with Gasteiger partial charge in [0.1, 0.15) is 5.82 Å². The zero-order valence-electron chi connectivity index (χ0n) is 13.0. The van der Waals surface area contributed by atoms with Gasteiger partial charge in [0.15, 0.2) is 0 Å². The number of rotatable bonds is 3. The van der Waals surface area contributed by atoms with Crippen LogP contribution in [0.1, 0.15) is 42.9 Å². The summed E-state index contributed by atoms with van der Waals surface area (Å²) in [5.74, 6) is -0.415. The summed E-state index contributed by atoms with van der Waals surface area (Å²) in [7, 11) is 0. The molecule has 1 aromatic rings. The Labute approximate surface area is 133 Å². The molecule has 1 aliphatic heterocycles. The first-order chi connectivity index (χ1) is 11.0. The molecule has 0 radical (unpaired) electrons. The molecule has 0 bridgehead atoms. The average molecular weight is 330 g/mol. The summed E-state index contributed by atoms with van der Waals surface area (Å²) in [5.41, 5.74) is -0.569. The Kier molecular flexibility index (Phi) is 4.92. The van der Waals surface area contributed by atoms with E-state index in [4.69, 9.17) is 0 Å². The van der Waals surface area contributed by atoms with E-state index in [1.165, 1.54) is 0 Å². The molecular formula is C17H22F4N2. The molecule has 1 saturated heterocycles. The Morgan fingerprint density at radius 2 is 1.74 bits per heavy atom. The van der Waals surface area contributed by atoms with Crippen LogP contribution in [0.5, 0.6) is 0 Å². The van der Waals surface area contributed by atoms with Crippen molar-refractivity contribution in [1.29, 1.82) is 0 Å². The lowest BCUT2D eigenvalue weighted by molar-refractivity contribution is -0.139. The molecule has 3 rings (SSSR count). The van der Waals surface area contributed by atoms with E-state index >= 15 is 0 Å². The molecule has 1 aliphatic carbocycles. The van der Waals surface area contributed by atoms with Gasteiger partial charge in [-0.1, -0.05) is 12.8 Å². The van der Waals surface area contributed by atoms with Crippen LogP contribution in [0.25, 0.3) is 0 Å². The first kappa shape index (κ1) is 16.7. The molecule has 23 heavy (non-hydrogen) atoms. The lowest BCUT2D eigenvalue weighted by atomic mass is 9.86. The third kappa shape index (κ3) is 3.69. The Morgan fingerprint density at radius 3 is 2.35 bits per heavy atom. The summed E-state index contributed by atoms with van der Waals surface area (Å²) in [4.78, 5) is 2.11. The molecule has 1 aromatic carbocycles. The number of halogens is 4. The molecule has 2 aliphatic rings. The fraction of sp³-hybridized carbons (Fsp3) is 0.647. The molecule has 1 heterocycles. The van der Waals surface area contributed by atoms with E-state index in [0.29, 0.717) is 13.1 Å². The van der Waals surface area contributed by atoms with Gasteiger partial charge in [-0.3, -0.25) is 4.90 Å². The van der Waals surface area contributed by atoms with Crippen molar-refractivity contribution in [3.05, 3.63) is 35.1 Å². The Hall–Kier alpha value is -1.14. The van der Waals surface area contributed by atoms with Crippen LogP contribution in [0, 0.1) is 11.7 Å². The number of benzene rings is 1. The van der Waals surface area contributed by atoms with Gasteiger partial charge >= 0.3 is 6.18 Å². The number of hydrogen-bond acceptors (Lipinski definition) is 2. The van der Waals surface area contributed by atoms with Gasteiger partial charge in [0.25, 0.3) is 0 Å². The summed E-state index contributed by atoms with van der Waals surface area (Å²) in [6, 6.07) is 2.57. The minimum absolute atomic E-state index is 0.117. The summed E-state index contributed by atoms with van der Waals surface area (Å²) >= 11 is 0. The van der Waals surface area contributed by atoms with Crippen molar-refractivity contribution in [1.82, 2.24) is 10.2 Å². The van der Waals surface area contributed by atoms with Crippen LogP contribution < -0.4 is 5.32 Å². The van der Waals surface area contributed by atoms with Crippen LogP contribution >= 0.6 is 0 Å². The van der Waals surface area contributed by atoms with E-state index < -0.39 is 17.6 Å². The van der Waals surface area contributed by atoms with E-state index in [2.05, 4.69) is 10.2 Å². The van der Waals surface area contributed by atoms with Crippen LogP contribution in [0.3, 0.4) is 0 Å². The van der Waals surface area contributed by atoms with Gasteiger partial charge in [-0.2, -0.15) is 13.2 Å². The quantitative estimate of drug-likeness (QED) is 0.844. The third-order valence-corrected chi connectivity index (χ3v) is 5.03. The van der Waals surface area contributed by atoms with Gasteiger partial charge in [0.2, 0.25) is 0 Å². The smallest absolute Gasteiger partial charge is 0.314 e. The van der Waals surface area contributed by atoms with Crippen molar-refractivity contribution in [2.45, 2.75) is 37.9 Å². The second-order valence-corrected chi connectivity index (χ2v) is 6.50. The highest BCUT2D eigenvalue weighted by Crippen LogP contribution is 2.44. The molecule has 0 aromatic heterocycles. The monoisotopic (exact) mass is 330 g/mol. The zero-order valence-corrected chi connectivity index (χ0v) is 13.0. The highest BCUT2D eigenvalue weighted by Gasteiger charge is 2.40. The maximum Gasteiger partial charge on any atom is 0.416 e. The van der Waals surface area contributed by atoms with Crippen LogP contribution in [0.2, 0.25) is 0 Å². The maximum atomic E-state index is 13.8. The van der Waals surface area contributed by atoms with Gasteiger partial charge < -0.3 is 5.32 Å². The zero-order chi connectivity index (χ0) is 16.4. The molecule has 2 nitrogen and oxygen atoms in total. The van der Waals surface area contributed by atoms with Gasteiger partial charge in [-0.25, -0.2) is 4.39 Å². The first-order valence-corrected chi connectivity index (χ1v) is 8.28. The second kappa shape index (κ2) is 6.77. The van der Waals surface area contributed by atoms with E-state index in [9.17, 15) is 17.6 Å². The van der Waals surface area contributed by atoms with E-state index in [-0.39, 0.29) is 17.5 Å². The van der Waals surface area contributed by atoms with E-state index in [1.807, 2.05) is 0 Å². The molecule has 2 fully saturated rings. The van der Waals surface area contributed by atoms with E-state index in [1.54, 1.807) is 0 Å². The van der Waals surface area contributed by atoms with Crippen LogP contribution in [0.4, 0.5) is 17.6 Å². The highest BCUT2D eigenvalue weighted by molar-refractivity contribution is 5.34. The van der Waals surface area contributed by atoms with Crippen LogP contribution in [0.15, 0.2) is 18.2 Å². The topological polar surface area (TPSA) is 15.3 Å². The van der Waals surface area contributed by atoms with Crippen molar-refractivity contribution in [3.8, 4) is 0 Å². The fourth-order valence-electron chi connectivity index (χ4n) is 4.02. The number of nitrogens with one attached hydrogen (secondary N) is 1. The SMILES string of the molecule is Fc1ccc(C(F)(F)F)c([C@@H](C2CCCC2)N2CCNCC2)c1. The van der Waals surface area contributed by atoms with Crippen molar-refractivity contribution < 1.29 is 17.6 Å². The number of piperazine rings is 1. The molecule has 128 valence electrons. The fourth-order valence-corrected chi connectivity index (χ4v) is 4.02. The highest BCUT2D eigenvalue weighted by atomic mass is 19.4. The molecule has 1 saturated carbocycles. The second-order valence-electron chi connectivity index (χ2n) is 6.50. The Balaban J connectivity index is 2.03. The number of hydrogen-bond donors (Lipinski definition) is 1. The van der Waals surface area contributed by atoms with Gasteiger partial charge in [0, 0.05) is 32.2 Å². The first-order valence-electron chi connectivity index (χ1n) is 8.28. The minimum Gasteiger partial charge on any atom is -0.314 e. The van der Waals surface area contributed by atoms with Crippen LogP contribution in [-0.4, -0.2) is 31.1 Å². The number of nitrogens with zero attached hydrogens (tertiary/aromatic N) is 1. The maximum absolute atomic E-state index is 13.8. The summed E-state index contributed by atoms with van der Waals surface area (Å²) in [6.45, 7) is 2.93. The molecule has 6 heteroatoms. The molecule has 0 amide bonds. The number of alkyl halides is 3. The normalized spacial score (nSPS) is 22.4. The predicted octanol–water partition coefficient (Wildman–Crippen LogP) is 3.98. The third-order valence-electron chi connectivity index (χ3n) is 5.03. The standard InChI is InChI=1S/C17H22F4N2/c18-13-5-6-15(17(19,20)21)14(11-13)16(12-3-1-2-4-12)23-9-7-22-8-10-23/h5-6,11-12,16,22H,1-4,7-10H2/t16-/m1/s1. The molecule has 0 spiro atoms. The molecule has 1 atom stereocenters. The van der Waals surface area contributed by atoms with E-state index in [0.717, 1.165) is 57.0 Å². The van der Waals surface area contributed by atoms with Gasteiger partial charge in [-0.05, 0) is 42.5 Å². The molecule has 0 unspecified atom stereocenters. The Bertz CT molecular complexity index is 532. The van der Waals surface area contributed by atoms with Gasteiger partial charge in [0.05, 0.1) is 5.56 Å². The van der Waals surface area contributed by atoms with Crippen molar-refractivity contribution >= 4 is 0 Å². The molecular weight excluding hydrogens is 308 g/mol. The van der Waals surface area contributed by atoms with Crippen molar-refractivity contribution in [2.24, 2.45) is 5.92 Å². The minimum atomic E-state index is -4.45. The summed E-state index contributed by atoms with van der Waals surface area (Å²) in [6.07, 6.45) is -0.521. The predicted molar refractivity (Wildman–Crippen MR) is 80.5 cm³/mol. The van der Waals surface area contributed by atoms with Crippen molar-refractivity contribution in [3.63, 3.8) is 0 Å². The van der Waals surface area contributed by atoms with Crippen molar-refractivity contribution in [2.75, 3.05) is 26.2 Å². The summed E-state index contributed by atoms with van der Waals surface area (Å²) < 4.78 is 54.1. The lowest BCUT2D eigenvalue weighted by Gasteiger charge is -2.39. The Morgan fingerprint density at radius 1 is 1.09 bits per heavy atom. The summed E-state index contributed by atoms with van der Waals surface area (Å²) in [5, 5.41) is 3.23.